The van der Waals surface area contributed by atoms with Crippen LogP contribution < -0.4 is 10.2 Å². The van der Waals surface area contributed by atoms with Gasteiger partial charge in [-0.2, -0.15) is 0 Å². The molecule has 2 aliphatic rings. The third-order valence-electron chi connectivity index (χ3n) is 5.42. The lowest BCUT2D eigenvalue weighted by Gasteiger charge is -2.35. The number of carbonyl (C=O) groups is 1. The molecule has 0 aromatic carbocycles. The van der Waals surface area contributed by atoms with E-state index in [1.807, 2.05) is 18.2 Å². The maximum Gasteiger partial charge on any atom is 0.267 e. The number of carbonyl (C=O) groups excluding carboxylic acids is 1. The van der Waals surface area contributed by atoms with Crippen LogP contribution in [0.25, 0.3) is 0 Å². The molecule has 7 nitrogen and oxygen atoms in total. The van der Waals surface area contributed by atoms with Crippen LogP contribution in [0.2, 0.25) is 0 Å². The van der Waals surface area contributed by atoms with Crippen LogP contribution in [0.4, 0.5) is 5.82 Å². The molecule has 3 N–H and O–H groups in total. The number of hydrogen-bond acceptors (Lipinski definition) is 5. The number of amides is 1. The number of anilines is 1. The van der Waals surface area contributed by atoms with Crippen molar-refractivity contribution in [3.8, 4) is 0 Å². The van der Waals surface area contributed by atoms with Crippen molar-refractivity contribution in [2.75, 3.05) is 18.0 Å². The van der Waals surface area contributed by atoms with E-state index in [2.05, 4.69) is 32.1 Å². The van der Waals surface area contributed by atoms with E-state index in [-0.39, 0.29) is 18.1 Å². The van der Waals surface area contributed by atoms with Gasteiger partial charge in [-0.1, -0.05) is 6.92 Å². The second-order valence-corrected chi connectivity index (χ2v) is 7.28. The monoisotopic (exact) mass is 355 g/mol. The highest BCUT2D eigenvalue weighted by Crippen LogP contribution is 2.37. The molecule has 1 atom stereocenters. The quantitative estimate of drug-likeness (QED) is 0.758. The van der Waals surface area contributed by atoms with E-state index in [4.69, 9.17) is 0 Å². The molecule has 7 heteroatoms. The lowest BCUT2D eigenvalue weighted by atomic mass is 9.78. The Morgan fingerprint density at radius 3 is 2.92 bits per heavy atom. The standard InChI is InChI=1S/C19H25N5O2/c1-2-13-3-4-16(22-13)19(26)23-14-7-12(8-14)17-9-18(21-11-20-17)24-6-5-15(25)10-24/h3-4,9,11-12,14-15,22,25H,2,5-8,10H2,1H3,(H,23,26)/t12?,14?,15-/m1/s1. The lowest BCUT2D eigenvalue weighted by Crippen LogP contribution is -2.43. The van der Waals surface area contributed by atoms with Crippen molar-refractivity contribution in [1.29, 1.82) is 0 Å². The highest BCUT2D eigenvalue weighted by molar-refractivity contribution is 5.92. The third-order valence-corrected chi connectivity index (χ3v) is 5.42. The van der Waals surface area contributed by atoms with Gasteiger partial charge < -0.3 is 20.3 Å². The molecular formula is C19H25N5O2. The third kappa shape index (κ3) is 3.44. The van der Waals surface area contributed by atoms with E-state index in [1.54, 1.807) is 6.33 Å². The molecule has 2 fully saturated rings. The molecule has 0 spiro atoms. The smallest absolute Gasteiger partial charge is 0.267 e. The lowest BCUT2D eigenvalue weighted by molar-refractivity contribution is 0.0903. The molecule has 1 saturated carbocycles. The van der Waals surface area contributed by atoms with Crippen LogP contribution in [-0.4, -0.2) is 51.2 Å². The van der Waals surface area contributed by atoms with Gasteiger partial charge in [0.25, 0.3) is 5.91 Å². The number of aliphatic hydroxyl groups excluding tert-OH is 1. The summed E-state index contributed by atoms with van der Waals surface area (Å²) >= 11 is 0. The molecule has 3 heterocycles. The molecule has 0 radical (unpaired) electrons. The van der Waals surface area contributed by atoms with Crippen LogP contribution in [0.3, 0.4) is 0 Å². The van der Waals surface area contributed by atoms with Crippen molar-refractivity contribution < 1.29 is 9.90 Å². The molecule has 0 bridgehead atoms. The van der Waals surface area contributed by atoms with Crippen molar-refractivity contribution in [1.82, 2.24) is 20.3 Å². The minimum Gasteiger partial charge on any atom is -0.391 e. The SMILES string of the molecule is CCc1ccc(C(=O)NC2CC(c3cc(N4CC[C@@H](O)C4)ncn3)C2)[nH]1. The molecule has 1 aliphatic heterocycles. The van der Waals surface area contributed by atoms with Crippen molar-refractivity contribution in [2.24, 2.45) is 0 Å². The van der Waals surface area contributed by atoms with Gasteiger partial charge in [0.2, 0.25) is 0 Å². The molecule has 0 unspecified atom stereocenters. The number of H-pyrrole nitrogens is 1. The topological polar surface area (TPSA) is 94.1 Å². The van der Waals surface area contributed by atoms with E-state index < -0.39 is 0 Å². The van der Waals surface area contributed by atoms with Crippen LogP contribution in [0.1, 0.15) is 54.0 Å². The number of aliphatic hydroxyl groups is 1. The number of β-amino-alcohol motifs (C(OH)–C–C–N with tert-alkyl or cyclic N) is 1. The van der Waals surface area contributed by atoms with Crippen molar-refractivity contribution >= 4 is 11.7 Å². The Labute approximate surface area is 152 Å². The highest BCUT2D eigenvalue weighted by atomic mass is 16.3. The molecule has 1 amide bonds. The maximum atomic E-state index is 12.3. The molecular weight excluding hydrogens is 330 g/mol. The molecule has 4 rings (SSSR count). The average molecular weight is 355 g/mol. The molecule has 2 aromatic rings. The first-order chi connectivity index (χ1) is 12.6. The van der Waals surface area contributed by atoms with Crippen molar-refractivity contribution in [3.05, 3.63) is 41.6 Å². The van der Waals surface area contributed by atoms with Gasteiger partial charge in [0.15, 0.2) is 0 Å². The van der Waals surface area contributed by atoms with Crippen LogP contribution in [-0.2, 0) is 6.42 Å². The number of nitrogens with one attached hydrogen (secondary N) is 2. The van der Waals surface area contributed by atoms with Crippen LogP contribution in [0.15, 0.2) is 24.5 Å². The second-order valence-electron chi connectivity index (χ2n) is 7.28. The van der Waals surface area contributed by atoms with Crippen LogP contribution in [0.5, 0.6) is 0 Å². The van der Waals surface area contributed by atoms with Gasteiger partial charge in [-0.25, -0.2) is 9.97 Å². The van der Waals surface area contributed by atoms with Gasteiger partial charge in [0, 0.05) is 42.5 Å². The summed E-state index contributed by atoms with van der Waals surface area (Å²) in [6, 6.07) is 6.01. The first-order valence-corrected chi connectivity index (χ1v) is 9.36. The molecule has 2 aromatic heterocycles. The van der Waals surface area contributed by atoms with Crippen molar-refractivity contribution in [2.45, 2.75) is 50.7 Å². The zero-order chi connectivity index (χ0) is 18.1. The van der Waals surface area contributed by atoms with Gasteiger partial charge in [-0.15, -0.1) is 0 Å². The van der Waals surface area contributed by atoms with E-state index in [9.17, 15) is 9.90 Å². The van der Waals surface area contributed by atoms with Gasteiger partial charge in [-0.3, -0.25) is 4.79 Å². The summed E-state index contributed by atoms with van der Waals surface area (Å²) in [5, 5.41) is 12.8. The predicted octanol–water partition coefficient (Wildman–Crippen LogP) is 1.61. The van der Waals surface area contributed by atoms with E-state index in [1.165, 1.54) is 0 Å². The summed E-state index contributed by atoms with van der Waals surface area (Å²) in [5.41, 5.74) is 2.72. The summed E-state index contributed by atoms with van der Waals surface area (Å²) in [4.78, 5) is 26.3. The van der Waals surface area contributed by atoms with Gasteiger partial charge in [-0.05, 0) is 37.8 Å². The van der Waals surface area contributed by atoms with E-state index >= 15 is 0 Å². The fourth-order valence-electron chi connectivity index (χ4n) is 3.73. The number of nitrogens with zero attached hydrogens (tertiary/aromatic N) is 3. The van der Waals surface area contributed by atoms with E-state index in [0.717, 1.165) is 49.4 Å². The number of rotatable bonds is 5. The summed E-state index contributed by atoms with van der Waals surface area (Å²) in [7, 11) is 0. The molecule has 26 heavy (non-hydrogen) atoms. The average Bonchev–Trinajstić information content (AvgIpc) is 3.26. The number of aromatic amines is 1. The fraction of sp³-hybridized carbons (Fsp3) is 0.526. The Bertz CT molecular complexity index is 784. The van der Waals surface area contributed by atoms with Crippen LogP contribution in [0, 0.1) is 0 Å². The Morgan fingerprint density at radius 1 is 1.38 bits per heavy atom. The first kappa shape index (κ1) is 17.0. The number of aryl methyl sites for hydroxylation is 1. The minimum atomic E-state index is -0.266. The zero-order valence-electron chi connectivity index (χ0n) is 15.0. The van der Waals surface area contributed by atoms with E-state index in [0.29, 0.717) is 18.2 Å². The second kappa shape index (κ2) is 7.07. The summed E-state index contributed by atoms with van der Waals surface area (Å²) in [6.45, 7) is 3.52. The summed E-state index contributed by atoms with van der Waals surface area (Å²) in [5.74, 6) is 1.20. The molecule has 1 aliphatic carbocycles. The molecule has 1 saturated heterocycles. The van der Waals surface area contributed by atoms with Gasteiger partial charge in [0.05, 0.1) is 6.10 Å². The number of aromatic nitrogens is 3. The first-order valence-electron chi connectivity index (χ1n) is 9.36. The summed E-state index contributed by atoms with van der Waals surface area (Å²) in [6.07, 6.45) is 4.81. The minimum absolute atomic E-state index is 0.0393. The maximum absolute atomic E-state index is 12.3. The fourth-order valence-corrected chi connectivity index (χ4v) is 3.73. The molecule has 138 valence electrons. The largest absolute Gasteiger partial charge is 0.391 e. The van der Waals surface area contributed by atoms with Gasteiger partial charge in [0.1, 0.15) is 17.8 Å². The Hall–Kier alpha value is -2.41. The Kier molecular flexibility index (Phi) is 4.63. The normalized spacial score (nSPS) is 25.2. The predicted molar refractivity (Wildman–Crippen MR) is 98.3 cm³/mol. The summed E-state index contributed by atoms with van der Waals surface area (Å²) < 4.78 is 0. The Morgan fingerprint density at radius 2 is 2.23 bits per heavy atom. The van der Waals surface area contributed by atoms with Crippen LogP contribution >= 0.6 is 0 Å². The zero-order valence-corrected chi connectivity index (χ0v) is 15.0. The highest BCUT2D eigenvalue weighted by Gasteiger charge is 2.33. The van der Waals surface area contributed by atoms with Crippen molar-refractivity contribution in [3.63, 3.8) is 0 Å². The van der Waals surface area contributed by atoms with Gasteiger partial charge >= 0.3 is 0 Å². The Balaban J connectivity index is 1.32. The number of hydrogen-bond donors (Lipinski definition) is 3.